The zero-order chi connectivity index (χ0) is 32.4. The Morgan fingerprint density at radius 1 is 0.520 bits per heavy atom. The average molecular weight is 641 g/mol. The number of hydrogen-bond acceptors (Lipinski definition) is 1. The molecular weight excluding hydrogens is 613 g/mol. The molecule has 9 aromatic rings. The SMILES string of the molecule is CC1(C)c2ccc[n+]3c2-n2c4c1cccc4c1ccc4c(c12)C31c2c(ccc3c5cccc6c5n(c23)-c2c(ccc[n+]21)C6c1ccccc1)O4. The summed E-state index contributed by atoms with van der Waals surface area (Å²) in [4.78, 5) is 0. The fourth-order valence-electron chi connectivity index (χ4n) is 11.2. The van der Waals surface area contributed by atoms with Crippen LogP contribution in [-0.2, 0) is 11.1 Å². The Morgan fingerprint density at radius 3 is 1.88 bits per heavy atom. The van der Waals surface area contributed by atoms with E-state index >= 15 is 0 Å². The number of nitrogens with zero attached hydrogens (tertiary/aromatic N) is 4. The molecule has 2 atom stereocenters. The molecule has 5 heteroatoms. The van der Waals surface area contributed by atoms with Gasteiger partial charge in [0.05, 0.1) is 23.5 Å². The minimum absolute atomic E-state index is 0.0953. The predicted molar refractivity (Wildman–Crippen MR) is 193 cm³/mol. The molecule has 2 unspecified atom stereocenters. The Kier molecular flexibility index (Phi) is 3.73. The molecular formula is C45H28N4O+2. The molecule has 0 saturated heterocycles. The topological polar surface area (TPSA) is 26.8 Å². The highest BCUT2D eigenvalue weighted by molar-refractivity contribution is 6.16. The Bertz CT molecular complexity index is 3160. The Labute approximate surface area is 286 Å². The molecule has 5 aliphatic rings. The van der Waals surface area contributed by atoms with Crippen molar-refractivity contribution in [1.29, 1.82) is 0 Å². The molecule has 5 aromatic carbocycles. The predicted octanol–water partition coefficient (Wildman–Crippen LogP) is 8.62. The van der Waals surface area contributed by atoms with Crippen LogP contribution in [0.3, 0.4) is 0 Å². The fraction of sp³-hybridized carbons (Fsp3) is 0.111. The first-order chi connectivity index (χ1) is 24.6. The van der Waals surface area contributed by atoms with Gasteiger partial charge in [0.25, 0.3) is 11.6 Å². The lowest BCUT2D eigenvalue weighted by Gasteiger charge is -2.43. The molecule has 0 aliphatic carbocycles. The van der Waals surface area contributed by atoms with Crippen LogP contribution in [-0.4, -0.2) is 9.13 Å². The fourth-order valence-corrected chi connectivity index (χ4v) is 11.2. The van der Waals surface area contributed by atoms with Crippen molar-refractivity contribution in [3.8, 4) is 23.1 Å². The first kappa shape index (κ1) is 24.9. The van der Waals surface area contributed by atoms with Crippen LogP contribution < -0.4 is 13.9 Å². The van der Waals surface area contributed by atoms with Crippen molar-refractivity contribution in [2.45, 2.75) is 30.8 Å². The van der Waals surface area contributed by atoms with Crippen molar-refractivity contribution in [3.63, 3.8) is 0 Å². The molecule has 50 heavy (non-hydrogen) atoms. The molecule has 5 aliphatic heterocycles. The summed E-state index contributed by atoms with van der Waals surface area (Å²) in [5, 5.41) is 5.14. The number of hydrogen-bond donors (Lipinski definition) is 0. The standard InChI is InChI=1S/C45H28N4O/c1-44(2)31-16-7-13-26-28-19-21-34-37-41(28)49(39(26)31)43-32(44)17-9-23-47(43)45(37)36-33(50-34)20-18-27-25-12-6-14-29-35(24-10-4-3-5-11-24)30-15-8-22-46(45)42(30)48(38(25)29)40(27)36/h3-23,35H,1-2H3/q+2. The molecule has 0 fully saturated rings. The first-order valence-corrected chi connectivity index (χ1v) is 17.7. The molecule has 5 nitrogen and oxygen atoms in total. The van der Waals surface area contributed by atoms with Gasteiger partial charge in [-0.25, -0.2) is 0 Å². The molecule has 0 bridgehead atoms. The van der Waals surface area contributed by atoms with Gasteiger partial charge in [0.2, 0.25) is 0 Å². The van der Waals surface area contributed by atoms with Crippen LogP contribution in [0.1, 0.15) is 58.7 Å². The number of ether oxygens (including phenoxy) is 1. The maximum absolute atomic E-state index is 7.10. The van der Waals surface area contributed by atoms with Gasteiger partial charge in [-0.3, -0.25) is 0 Å². The van der Waals surface area contributed by atoms with E-state index in [2.05, 4.69) is 160 Å². The van der Waals surface area contributed by atoms with Gasteiger partial charge in [-0.2, -0.15) is 18.3 Å². The van der Waals surface area contributed by atoms with Gasteiger partial charge in [-0.1, -0.05) is 68.4 Å². The van der Waals surface area contributed by atoms with E-state index in [0.717, 1.165) is 11.5 Å². The lowest BCUT2D eigenvalue weighted by atomic mass is 9.74. The molecule has 0 radical (unpaired) electrons. The summed E-state index contributed by atoms with van der Waals surface area (Å²) < 4.78 is 17.5. The van der Waals surface area contributed by atoms with E-state index in [1.165, 1.54) is 94.2 Å². The van der Waals surface area contributed by atoms with Crippen LogP contribution >= 0.6 is 0 Å². The summed E-state index contributed by atoms with van der Waals surface area (Å²) in [6.07, 6.45) is 4.67. The maximum Gasteiger partial charge on any atom is 0.321 e. The Balaban J connectivity index is 1.31. The van der Waals surface area contributed by atoms with Gasteiger partial charge in [0.1, 0.15) is 33.7 Å². The second-order valence-electron chi connectivity index (χ2n) is 15.3. The van der Waals surface area contributed by atoms with E-state index in [4.69, 9.17) is 4.74 Å². The van der Waals surface area contributed by atoms with E-state index in [1.54, 1.807) is 0 Å². The highest BCUT2D eigenvalue weighted by Gasteiger charge is 2.66. The molecule has 232 valence electrons. The van der Waals surface area contributed by atoms with Crippen LogP contribution in [0.4, 0.5) is 0 Å². The van der Waals surface area contributed by atoms with Gasteiger partial charge in [0.15, 0.2) is 11.0 Å². The summed E-state index contributed by atoms with van der Waals surface area (Å²) >= 11 is 0. The number of aromatic nitrogens is 4. The van der Waals surface area contributed by atoms with Crippen LogP contribution in [0.15, 0.2) is 128 Å². The van der Waals surface area contributed by atoms with E-state index in [1.807, 2.05) is 0 Å². The smallest absolute Gasteiger partial charge is 0.321 e. The van der Waals surface area contributed by atoms with Gasteiger partial charge < -0.3 is 4.74 Å². The molecule has 0 amide bonds. The normalized spacial score (nSPS) is 20.0. The van der Waals surface area contributed by atoms with Crippen molar-refractivity contribution >= 4 is 43.6 Å². The van der Waals surface area contributed by atoms with E-state index < -0.39 is 5.66 Å². The average Bonchev–Trinajstić information content (AvgIpc) is 3.68. The third-order valence-electron chi connectivity index (χ3n) is 13.0. The van der Waals surface area contributed by atoms with Crippen molar-refractivity contribution in [3.05, 3.63) is 167 Å². The van der Waals surface area contributed by atoms with Gasteiger partial charge in [-0.05, 0) is 66.2 Å². The van der Waals surface area contributed by atoms with Crippen LogP contribution in [0.5, 0.6) is 11.5 Å². The van der Waals surface area contributed by atoms with Crippen molar-refractivity contribution in [1.82, 2.24) is 9.13 Å². The van der Waals surface area contributed by atoms with Crippen LogP contribution in [0.25, 0.3) is 55.2 Å². The van der Waals surface area contributed by atoms with Gasteiger partial charge in [-0.15, -0.1) is 0 Å². The largest absolute Gasteiger partial charge is 0.456 e. The Morgan fingerprint density at radius 2 is 1.12 bits per heavy atom. The van der Waals surface area contributed by atoms with E-state index in [0.29, 0.717) is 0 Å². The van der Waals surface area contributed by atoms with E-state index in [9.17, 15) is 0 Å². The van der Waals surface area contributed by atoms with Crippen molar-refractivity contribution < 1.29 is 13.9 Å². The minimum atomic E-state index is -0.736. The monoisotopic (exact) mass is 640 g/mol. The second kappa shape index (κ2) is 7.51. The van der Waals surface area contributed by atoms with Crippen LogP contribution in [0, 0.1) is 0 Å². The molecule has 0 saturated carbocycles. The number of rotatable bonds is 1. The first-order valence-electron chi connectivity index (χ1n) is 17.7. The van der Waals surface area contributed by atoms with Crippen LogP contribution in [0.2, 0.25) is 0 Å². The highest BCUT2D eigenvalue weighted by atomic mass is 16.5. The Hall–Kier alpha value is -6.20. The second-order valence-corrected chi connectivity index (χ2v) is 15.3. The van der Waals surface area contributed by atoms with E-state index in [-0.39, 0.29) is 11.3 Å². The summed E-state index contributed by atoms with van der Waals surface area (Å²) in [5.74, 6) is 4.42. The molecule has 14 rings (SSSR count). The number of fused-ring (bicyclic) bond motifs is 2. The maximum atomic E-state index is 7.10. The van der Waals surface area contributed by atoms with Gasteiger partial charge >= 0.3 is 5.66 Å². The summed E-state index contributed by atoms with van der Waals surface area (Å²) in [5.41, 5.74) is 13.3. The van der Waals surface area contributed by atoms with Crippen molar-refractivity contribution in [2.75, 3.05) is 0 Å². The molecule has 9 heterocycles. The quantitative estimate of drug-likeness (QED) is 0.165. The van der Waals surface area contributed by atoms with Gasteiger partial charge in [0, 0.05) is 44.0 Å². The third-order valence-corrected chi connectivity index (χ3v) is 13.0. The highest BCUT2D eigenvalue weighted by Crippen LogP contribution is 2.60. The lowest BCUT2D eigenvalue weighted by Crippen LogP contribution is -2.79. The molecule has 4 aromatic heterocycles. The van der Waals surface area contributed by atoms with Crippen molar-refractivity contribution in [2.24, 2.45) is 0 Å². The number of para-hydroxylation sites is 2. The molecule has 1 spiro atoms. The zero-order valence-corrected chi connectivity index (χ0v) is 27.4. The minimum Gasteiger partial charge on any atom is -0.456 e. The summed E-state index contributed by atoms with van der Waals surface area (Å²) in [7, 11) is 0. The third kappa shape index (κ3) is 2.25. The molecule has 0 N–H and O–H groups in total. The number of pyridine rings is 2. The lowest BCUT2D eigenvalue weighted by molar-refractivity contribution is -0.968. The summed E-state index contributed by atoms with van der Waals surface area (Å²) in [6.45, 7) is 4.80. The number of benzene rings is 5. The summed E-state index contributed by atoms with van der Waals surface area (Å²) in [6, 6.07) is 43.2. The zero-order valence-electron chi connectivity index (χ0n) is 27.4.